The fourth-order valence-electron chi connectivity index (χ4n) is 2.14. The number of aliphatic imine (C=N–C) groups is 1. The van der Waals surface area contributed by atoms with Crippen LogP contribution in [0.3, 0.4) is 0 Å². The van der Waals surface area contributed by atoms with E-state index in [-0.39, 0.29) is 23.3 Å². The van der Waals surface area contributed by atoms with Crippen LogP contribution in [-0.4, -0.2) is 62.4 Å². The summed E-state index contributed by atoms with van der Waals surface area (Å²) in [6, 6.07) is 0.207. The molecule has 0 aromatic carbocycles. The maximum atomic E-state index is 11.7. The zero-order chi connectivity index (χ0) is 16.8. The second kappa shape index (κ2) is 8.00. The summed E-state index contributed by atoms with van der Waals surface area (Å²) in [7, 11) is 3.52. The molecule has 1 aliphatic heterocycles. The van der Waals surface area contributed by atoms with Crippen LogP contribution in [0, 0.1) is 5.41 Å². The summed E-state index contributed by atoms with van der Waals surface area (Å²) in [5.74, 6) is 0.910. The SMILES string of the molecule is CN=C(NCCNC(=O)C(C)(C)C)NC1CCC(=O)N(C)C1. The molecule has 1 saturated heterocycles. The van der Waals surface area contributed by atoms with Crippen LogP contribution < -0.4 is 16.0 Å². The van der Waals surface area contributed by atoms with Gasteiger partial charge in [-0.25, -0.2) is 0 Å². The Kier molecular flexibility index (Phi) is 6.64. The first-order chi connectivity index (χ1) is 10.2. The lowest BCUT2D eigenvalue weighted by Gasteiger charge is -2.31. The zero-order valence-electron chi connectivity index (χ0n) is 14.3. The van der Waals surface area contributed by atoms with Gasteiger partial charge in [0.2, 0.25) is 11.8 Å². The average molecular weight is 311 g/mol. The van der Waals surface area contributed by atoms with Crippen LogP contribution in [0.25, 0.3) is 0 Å². The second-order valence-electron chi connectivity index (χ2n) is 6.66. The van der Waals surface area contributed by atoms with E-state index in [1.54, 1.807) is 11.9 Å². The van der Waals surface area contributed by atoms with Crippen molar-refractivity contribution in [3.8, 4) is 0 Å². The van der Waals surface area contributed by atoms with Gasteiger partial charge in [0, 0.05) is 51.6 Å². The number of hydrogen-bond acceptors (Lipinski definition) is 3. The smallest absolute Gasteiger partial charge is 0.225 e. The van der Waals surface area contributed by atoms with Crippen molar-refractivity contribution in [3.63, 3.8) is 0 Å². The number of likely N-dealkylation sites (N-methyl/N-ethyl adjacent to an activating group) is 1. The fourth-order valence-corrected chi connectivity index (χ4v) is 2.14. The highest BCUT2D eigenvalue weighted by atomic mass is 16.2. The third-order valence-electron chi connectivity index (χ3n) is 3.58. The van der Waals surface area contributed by atoms with E-state index >= 15 is 0 Å². The van der Waals surface area contributed by atoms with Crippen molar-refractivity contribution < 1.29 is 9.59 Å². The molecule has 22 heavy (non-hydrogen) atoms. The van der Waals surface area contributed by atoms with E-state index in [0.717, 1.165) is 6.42 Å². The maximum Gasteiger partial charge on any atom is 0.225 e. The Hall–Kier alpha value is -1.79. The van der Waals surface area contributed by atoms with Gasteiger partial charge in [0.1, 0.15) is 0 Å². The summed E-state index contributed by atoms with van der Waals surface area (Å²) in [4.78, 5) is 29.1. The number of hydrogen-bond donors (Lipinski definition) is 3. The highest BCUT2D eigenvalue weighted by Crippen LogP contribution is 2.12. The van der Waals surface area contributed by atoms with E-state index < -0.39 is 0 Å². The van der Waals surface area contributed by atoms with Crippen LogP contribution in [0.15, 0.2) is 4.99 Å². The number of amides is 2. The second-order valence-corrected chi connectivity index (χ2v) is 6.66. The van der Waals surface area contributed by atoms with Crippen LogP contribution in [-0.2, 0) is 9.59 Å². The monoisotopic (exact) mass is 311 g/mol. The number of nitrogens with one attached hydrogen (secondary N) is 3. The van der Waals surface area contributed by atoms with E-state index in [0.29, 0.717) is 32.0 Å². The number of carbonyl (C=O) groups is 2. The van der Waals surface area contributed by atoms with Gasteiger partial charge in [0.15, 0.2) is 5.96 Å². The van der Waals surface area contributed by atoms with Gasteiger partial charge in [-0.3, -0.25) is 14.6 Å². The Labute approximate surface area is 132 Å². The van der Waals surface area contributed by atoms with Crippen molar-refractivity contribution in [1.29, 1.82) is 0 Å². The van der Waals surface area contributed by atoms with Gasteiger partial charge >= 0.3 is 0 Å². The summed E-state index contributed by atoms with van der Waals surface area (Å²) in [5.41, 5.74) is -0.376. The largest absolute Gasteiger partial charge is 0.355 e. The van der Waals surface area contributed by atoms with E-state index in [2.05, 4.69) is 20.9 Å². The third kappa shape index (κ3) is 5.91. The summed E-state index contributed by atoms with van der Waals surface area (Å²) in [6.07, 6.45) is 1.37. The standard InChI is InChI=1S/C15H29N5O2/c1-15(2,3)13(22)17-8-9-18-14(16-4)19-11-6-7-12(21)20(5)10-11/h11H,6-10H2,1-5H3,(H,17,22)(H2,16,18,19). The van der Waals surface area contributed by atoms with Gasteiger partial charge in [-0.15, -0.1) is 0 Å². The Bertz CT molecular complexity index is 428. The molecule has 1 aliphatic rings. The van der Waals surface area contributed by atoms with Gasteiger partial charge in [-0.1, -0.05) is 20.8 Å². The van der Waals surface area contributed by atoms with Crippen molar-refractivity contribution in [3.05, 3.63) is 0 Å². The number of nitrogens with zero attached hydrogens (tertiary/aromatic N) is 2. The number of guanidine groups is 1. The van der Waals surface area contributed by atoms with Crippen molar-refractivity contribution in [2.45, 2.75) is 39.7 Å². The zero-order valence-corrected chi connectivity index (χ0v) is 14.3. The van der Waals surface area contributed by atoms with Crippen molar-refractivity contribution >= 4 is 17.8 Å². The number of likely N-dealkylation sites (tertiary alicyclic amines) is 1. The van der Waals surface area contributed by atoms with Gasteiger partial charge in [-0.05, 0) is 6.42 Å². The van der Waals surface area contributed by atoms with Crippen LogP contribution in [0.1, 0.15) is 33.6 Å². The molecule has 1 heterocycles. The minimum absolute atomic E-state index is 0.0321. The topological polar surface area (TPSA) is 85.8 Å². The van der Waals surface area contributed by atoms with Crippen molar-refractivity contribution in [2.24, 2.45) is 10.4 Å². The highest BCUT2D eigenvalue weighted by molar-refractivity contribution is 5.82. The van der Waals surface area contributed by atoms with E-state index in [9.17, 15) is 9.59 Å². The quantitative estimate of drug-likeness (QED) is 0.385. The summed E-state index contributed by atoms with van der Waals surface area (Å²) in [6.45, 7) is 7.48. The Balaban J connectivity index is 2.29. The number of piperidine rings is 1. The molecule has 7 nitrogen and oxygen atoms in total. The van der Waals surface area contributed by atoms with Gasteiger partial charge in [0.05, 0.1) is 0 Å². The third-order valence-corrected chi connectivity index (χ3v) is 3.58. The maximum absolute atomic E-state index is 11.7. The molecule has 0 aromatic rings. The summed E-state index contributed by atoms with van der Waals surface area (Å²) >= 11 is 0. The predicted molar refractivity (Wildman–Crippen MR) is 87.6 cm³/mol. The van der Waals surface area contributed by atoms with Crippen LogP contribution >= 0.6 is 0 Å². The van der Waals surface area contributed by atoms with E-state index in [4.69, 9.17) is 0 Å². The van der Waals surface area contributed by atoms with Crippen molar-refractivity contribution in [2.75, 3.05) is 33.7 Å². The fraction of sp³-hybridized carbons (Fsp3) is 0.800. The molecule has 126 valence electrons. The molecule has 1 fully saturated rings. The molecule has 0 radical (unpaired) electrons. The first-order valence-electron chi connectivity index (χ1n) is 7.73. The Morgan fingerprint density at radius 1 is 1.32 bits per heavy atom. The minimum Gasteiger partial charge on any atom is -0.355 e. The van der Waals surface area contributed by atoms with Crippen LogP contribution in [0.5, 0.6) is 0 Å². The highest BCUT2D eigenvalue weighted by Gasteiger charge is 2.23. The molecule has 0 aromatic heterocycles. The molecule has 0 spiro atoms. The summed E-state index contributed by atoms with van der Waals surface area (Å²) in [5, 5.41) is 9.36. The van der Waals surface area contributed by atoms with Gasteiger partial charge < -0.3 is 20.9 Å². The van der Waals surface area contributed by atoms with Crippen LogP contribution in [0.2, 0.25) is 0 Å². The molecule has 7 heteroatoms. The predicted octanol–water partition coefficient (Wildman–Crippen LogP) is -0.0655. The molecule has 0 aliphatic carbocycles. The molecular formula is C15H29N5O2. The van der Waals surface area contributed by atoms with Crippen LogP contribution in [0.4, 0.5) is 0 Å². The molecule has 2 amide bonds. The minimum atomic E-state index is -0.376. The van der Waals surface area contributed by atoms with Crippen molar-refractivity contribution in [1.82, 2.24) is 20.9 Å². The normalized spacial score (nSPS) is 19.9. The molecular weight excluding hydrogens is 282 g/mol. The molecule has 1 atom stereocenters. The Morgan fingerprint density at radius 3 is 2.50 bits per heavy atom. The van der Waals surface area contributed by atoms with Gasteiger partial charge in [0.25, 0.3) is 0 Å². The molecule has 1 unspecified atom stereocenters. The van der Waals surface area contributed by atoms with E-state index in [1.807, 2.05) is 27.8 Å². The molecule has 0 bridgehead atoms. The Morgan fingerprint density at radius 2 is 1.95 bits per heavy atom. The lowest BCUT2D eigenvalue weighted by molar-refractivity contribution is -0.132. The number of carbonyl (C=O) groups excluding carboxylic acids is 2. The lowest BCUT2D eigenvalue weighted by Crippen LogP contribution is -2.52. The average Bonchev–Trinajstić information content (AvgIpc) is 2.44. The molecule has 1 rings (SSSR count). The summed E-state index contributed by atoms with van der Waals surface area (Å²) < 4.78 is 0. The van der Waals surface area contributed by atoms with Gasteiger partial charge in [-0.2, -0.15) is 0 Å². The number of rotatable bonds is 4. The lowest BCUT2D eigenvalue weighted by atomic mass is 9.96. The first-order valence-corrected chi connectivity index (χ1v) is 7.73. The van der Waals surface area contributed by atoms with E-state index in [1.165, 1.54) is 0 Å². The molecule has 0 saturated carbocycles. The first kappa shape index (κ1) is 18.3. The molecule has 3 N–H and O–H groups in total.